The molecule has 0 fully saturated rings. The Hall–Kier alpha value is -3.27. The molecule has 0 spiro atoms. The number of rotatable bonds is 2. The highest BCUT2D eigenvalue weighted by Gasteiger charge is 2.24. The molecule has 3 aromatic rings. The minimum atomic E-state index is -0.271. The predicted octanol–water partition coefficient (Wildman–Crippen LogP) is 3.24. The number of fused-ring (bicyclic) bond motifs is 3. The fourth-order valence-electron chi connectivity index (χ4n) is 2.78. The number of hydrogen-bond acceptors (Lipinski definition) is 3. The zero-order valence-corrected chi connectivity index (χ0v) is 12.2. The summed E-state index contributed by atoms with van der Waals surface area (Å²) in [6.45, 7) is 0. The summed E-state index contributed by atoms with van der Waals surface area (Å²) in [5.74, 6) is -0.271. The van der Waals surface area contributed by atoms with Crippen molar-refractivity contribution < 1.29 is 4.79 Å². The monoisotopic (exact) mass is 299 g/mol. The van der Waals surface area contributed by atoms with Gasteiger partial charge in [-0.1, -0.05) is 48.5 Å². The average molecular weight is 299 g/mol. The number of hydrogen-bond donors (Lipinski definition) is 1. The van der Waals surface area contributed by atoms with E-state index in [4.69, 9.17) is 0 Å². The molecule has 1 aliphatic carbocycles. The second kappa shape index (κ2) is 5.50. The Morgan fingerprint density at radius 1 is 0.826 bits per heavy atom. The van der Waals surface area contributed by atoms with Crippen LogP contribution in [-0.2, 0) is 0 Å². The molecule has 0 atom stereocenters. The van der Waals surface area contributed by atoms with Gasteiger partial charge in [0.05, 0.1) is 11.3 Å². The molecule has 0 unspecified atom stereocenters. The topological polar surface area (TPSA) is 54.4 Å². The molecule has 110 valence electrons. The van der Waals surface area contributed by atoms with Crippen LogP contribution >= 0.6 is 0 Å². The highest BCUT2D eigenvalue weighted by molar-refractivity contribution is 6.24. The fourth-order valence-corrected chi connectivity index (χ4v) is 2.78. The van der Waals surface area contributed by atoms with Crippen LogP contribution in [0.4, 0.5) is 0 Å². The third-order valence-electron chi connectivity index (χ3n) is 3.85. The van der Waals surface area contributed by atoms with E-state index in [1.807, 2.05) is 36.4 Å². The van der Waals surface area contributed by atoms with Gasteiger partial charge in [-0.3, -0.25) is 9.78 Å². The Morgan fingerprint density at radius 2 is 1.43 bits per heavy atom. The van der Waals surface area contributed by atoms with Crippen LogP contribution in [0, 0.1) is 0 Å². The number of benzene rings is 2. The first-order valence-corrected chi connectivity index (χ1v) is 7.32. The molecule has 0 radical (unpaired) electrons. The van der Waals surface area contributed by atoms with Crippen molar-refractivity contribution >= 4 is 11.6 Å². The number of hydrazone groups is 1. The van der Waals surface area contributed by atoms with E-state index in [0.717, 1.165) is 28.0 Å². The van der Waals surface area contributed by atoms with Crippen molar-refractivity contribution in [3.05, 3.63) is 89.7 Å². The van der Waals surface area contributed by atoms with E-state index < -0.39 is 0 Å². The van der Waals surface area contributed by atoms with Gasteiger partial charge in [0.1, 0.15) is 0 Å². The number of pyridine rings is 1. The maximum Gasteiger partial charge on any atom is 0.272 e. The summed E-state index contributed by atoms with van der Waals surface area (Å²) in [6.07, 6.45) is 3.15. The van der Waals surface area contributed by atoms with Gasteiger partial charge in [-0.15, -0.1) is 0 Å². The SMILES string of the molecule is O=C(NN=C1c2ccccc2-c2ccccc21)c1cccnc1. The molecular weight excluding hydrogens is 286 g/mol. The lowest BCUT2D eigenvalue weighted by Gasteiger charge is -2.03. The lowest BCUT2D eigenvalue weighted by atomic mass is 10.1. The molecule has 1 amide bonds. The molecular formula is C19H13N3O. The maximum atomic E-state index is 12.2. The molecule has 4 rings (SSSR count). The average Bonchev–Trinajstić information content (AvgIpc) is 2.94. The minimum Gasteiger partial charge on any atom is -0.267 e. The van der Waals surface area contributed by atoms with E-state index >= 15 is 0 Å². The first-order valence-electron chi connectivity index (χ1n) is 7.32. The summed E-state index contributed by atoms with van der Waals surface area (Å²) in [5.41, 5.74) is 8.23. The number of nitrogens with zero attached hydrogens (tertiary/aromatic N) is 2. The van der Waals surface area contributed by atoms with Crippen LogP contribution in [0.5, 0.6) is 0 Å². The summed E-state index contributed by atoms with van der Waals surface area (Å²) < 4.78 is 0. The maximum absolute atomic E-state index is 12.2. The van der Waals surface area contributed by atoms with Crippen LogP contribution in [0.1, 0.15) is 21.5 Å². The van der Waals surface area contributed by atoms with Gasteiger partial charge in [0.15, 0.2) is 0 Å². The Kier molecular flexibility index (Phi) is 3.20. The van der Waals surface area contributed by atoms with Gasteiger partial charge in [-0.25, -0.2) is 5.43 Å². The minimum absolute atomic E-state index is 0.271. The van der Waals surface area contributed by atoms with E-state index in [1.165, 1.54) is 6.20 Å². The summed E-state index contributed by atoms with van der Waals surface area (Å²) >= 11 is 0. The third-order valence-corrected chi connectivity index (χ3v) is 3.85. The quantitative estimate of drug-likeness (QED) is 0.578. The van der Waals surface area contributed by atoms with Gasteiger partial charge in [0.25, 0.3) is 5.91 Å². The summed E-state index contributed by atoms with van der Waals surface area (Å²) in [5, 5.41) is 4.37. The van der Waals surface area contributed by atoms with E-state index in [-0.39, 0.29) is 5.91 Å². The zero-order valence-electron chi connectivity index (χ0n) is 12.2. The number of aromatic nitrogens is 1. The zero-order chi connectivity index (χ0) is 15.6. The largest absolute Gasteiger partial charge is 0.272 e. The Labute approximate surface area is 133 Å². The lowest BCUT2D eigenvalue weighted by molar-refractivity contribution is 0.0954. The number of amides is 1. The highest BCUT2D eigenvalue weighted by Crippen LogP contribution is 2.36. The molecule has 0 aliphatic heterocycles. The second-order valence-electron chi connectivity index (χ2n) is 5.23. The molecule has 0 saturated heterocycles. The second-order valence-corrected chi connectivity index (χ2v) is 5.23. The first kappa shape index (κ1) is 13.4. The fraction of sp³-hybridized carbons (Fsp3) is 0. The smallest absolute Gasteiger partial charge is 0.267 e. The van der Waals surface area contributed by atoms with Gasteiger partial charge in [0.2, 0.25) is 0 Å². The summed E-state index contributed by atoms with van der Waals surface area (Å²) in [6, 6.07) is 19.6. The van der Waals surface area contributed by atoms with Crippen LogP contribution < -0.4 is 5.43 Å². The third kappa shape index (κ3) is 2.30. The normalized spacial score (nSPS) is 11.6. The van der Waals surface area contributed by atoms with Gasteiger partial charge < -0.3 is 0 Å². The van der Waals surface area contributed by atoms with Crippen LogP contribution in [0.15, 0.2) is 78.2 Å². The molecule has 1 aliphatic rings. The molecule has 1 aromatic heterocycles. The van der Waals surface area contributed by atoms with Crippen molar-refractivity contribution in [1.82, 2.24) is 10.4 Å². The van der Waals surface area contributed by atoms with E-state index in [1.54, 1.807) is 18.3 Å². The van der Waals surface area contributed by atoms with E-state index in [0.29, 0.717) is 5.56 Å². The van der Waals surface area contributed by atoms with Crippen molar-refractivity contribution in [2.24, 2.45) is 5.10 Å². The van der Waals surface area contributed by atoms with Crippen LogP contribution in [0.3, 0.4) is 0 Å². The Bertz CT molecular complexity index is 869. The van der Waals surface area contributed by atoms with Crippen molar-refractivity contribution in [1.29, 1.82) is 0 Å². The Morgan fingerprint density at radius 3 is 2.00 bits per heavy atom. The van der Waals surface area contributed by atoms with Gasteiger partial charge in [0, 0.05) is 23.5 Å². The van der Waals surface area contributed by atoms with Crippen molar-refractivity contribution in [3.63, 3.8) is 0 Å². The molecule has 1 N–H and O–H groups in total. The molecule has 0 saturated carbocycles. The molecule has 4 nitrogen and oxygen atoms in total. The van der Waals surface area contributed by atoms with Gasteiger partial charge in [-0.2, -0.15) is 5.10 Å². The van der Waals surface area contributed by atoms with Crippen molar-refractivity contribution in [2.75, 3.05) is 0 Å². The molecule has 1 heterocycles. The number of nitrogens with one attached hydrogen (secondary N) is 1. The van der Waals surface area contributed by atoms with Gasteiger partial charge in [-0.05, 0) is 23.3 Å². The summed E-state index contributed by atoms with van der Waals surface area (Å²) in [7, 11) is 0. The number of carbonyl (C=O) groups is 1. The van der Waals surface area contributed by atoms with Crippen LogP contribution in [-0.4, -0.2) is 16.6 Å². The molecule has 4 heteroatoms. The Balaban J connectivity index is 1.73. The lowest BCUT2D eigenvalue weighted by Crippen LogP contribution is -2.20. The van der Waals surface area contributed by atoms with E-state index in [2.05, 4.69) is 27.6 Å². The number of carbonyl (C=O) groups excluding carboxylic acids is 1. The predicted molar refractivity (Wildman–Crippen MR) is 89.2 cm³/mol. The first-order chi connectivity index (χ1) is 11.3. The van der Waals surface area contributed by atoms with Crippen LogP contribution in [0.25, 0.3) is 11.1 Å². The van der Waals surface area contributed by atoms with Crippen molar-refractivity contribution in [2.45, 2.75) is 0 Å². The molecule has 2 aromatic carbocycles. The summed E-state index contributed by atoms with van der Waals surface area (Å²) in [4.78, 5) is 16.1. The highest BCUT2D eigenvalue weighted by atomic mass is 16.2. The molecule has 0 bridgehead atoms. The van der Waals surface area contributed by atoms with Crippen molar-refractivity contribution in [3.8, 4) is 11.1 Å². The van der Waals surface area contributed by atoms with E-state index in [9.17, 15) is 4.79 Å². The van der Waals surface area contributed by atoms with Crippen LogP contribution in [0.2, 0.25) is 0 Å². The van der Waals surface area contributed by atoms with Gasteiger partial charge >= 0.3 is 0 Å². The standard InChI is InChI=1S/C19H13N3O/c23-19(13-6-5-11-20-12-13)22-21-18-16-9-3-1-7-14(16)15-8-2-4-10-17(15)18/h1-12H,(H,22,23). The molecule has 23 heavy (non-hydrogen) atoms.